The van der Waals surface area contributed by atoms with Crippen molar-refractivity contribution in [3.05, 3.63) is 39.8 Å². The second kappa shape index (κ2) is 10.3. The third kappa shape index (κ3) is 5.30. The molecule has 0 aliphatic heterocycles. The first-order valence-corrected chi connectivity index (χ1v) is 11.2. The van der Waals surface area contributed by atoms with Gasteiger partial charge in [-0.25, -0.2) is 0 Å². The molecule has 0 spiro atoms. The van der Waals surface area contributed by atoms with Gasteiger partial charge in [-0.1, -0.05) is 38.3 Å². The second-order valence-corrected chi connectivity index (χ2v) is 8.38. The van der Waals surface area contributed by atoms with Gasteiger partial charge in [0, 0.05) is 17.6 Å². The Morgan fingerprint density at radius 2 is 1.79 bits per heavy atom. The van der Waals surface area contributed by atoms with E-state index in [-0.39, 0.29) is 11.7 Å². The molecule has 2 aromatic rings. The number of pyridine rings is 1. The standard InChI is InChI=1S/C23H33ClN2O2/c1-3-5-13-26(14-6-4-2)18-7-9-19(10-8-18)28-22-15-17-11-12-25-23(27)20(17)16-21(22)24/h11-12,15-16,18-19H,3-10,13-14H2,1-2H3,(H,25,27). The lowest BCUT2D eigenvalue weighted by Crippen LogP contribution is -2.41. The number of H-pyrrole nitrogens is 1. The third-order valence-corrected chi connectivity index (χ3v) is 6.17. The van der Waals surface area contributed by atoms with Gasteiger partial charge in [-0.2, -0.15) is 0 Å². The number of aromatic amines is 1. The topological polar surface area (TPSA) is 45.3 Å². The minimum Gasteiger partial charge on any atom is -0.489 e. The van der Waals surface area contributed by atoms with Crippen LogP contribution in [0, 0.1) is 0 Å². The largest absolute Gasteiger partial charge is 0.489 e. The Morgan fingerprint density at radius 3 is 2.43 bits per heavy atom. The fourth-order valence-corrected chi connectivity index (χ4v) is 4.39. The molecule has 1 fully saturated rings. The molecule has 0 bridgehead atoms. The number of halogens is 1. The van der Waals surface area contributed by atoms with Crippen LogP contribution in [0.3, 0.4) is 0 Å². The van der Waals surface area contributed by atoms with Crippen LogP contribution in [0.1, 0.15) is 65.2 Å². The van der Waals surface area contributed by atoms with Crippen LogP contribution in [0.15, 0.2) is 29.2 Å². The molecular formula is C23H33ClN2O2. The monoisotopic (exact) mass is 404 g/mol. The van der Waals surface area contributed by atoms with Crippen molar-refractivity contribution >= 4 is 22.4 Å². The first-order chi connectivity index (χ1) is 13.6. The number of unbranched alkanes of at least 4 members (excludes halogenated alkanes) is 2. The molecule has 1 heterocycles. The number of rotatable bonds is 9. The van der Waals surface area contributed by atoms with Crippen LogP contribution in [-0.2, 0) is 0 Å². The lowest BCUT2D eigenvalue weighted by atomic mass is 9.91. The van der Waals surface area contributed by atoms with Crippen molar-refractivity contribution in [2.24, 2.45) is 0 Å². The summed E-state index contributed by atoms with van der Waals surface area (Å²) in [6, 6.07) is 6.18. The second-order valence-electron chi connectivity index (χ2n) is 7.97. The molecular weight excluding hydrogens is 372 g/mol. The highest BCUT2D eigenvalue weighted by Gasteiger charge is 2.27. The van der Waals surface area contributed by atoms with Crippen LogP contribution in [0.2, 0.25) is 5.02 Å². The highest BCUT2D eigenvalue weighted by atomic mass is 35.5. The van der Waals surface area contributed by atoms with Crippen molar-refractivity contribution in [2.45, 2.75) is 77.4 Å². The summed E-state index contributed by atoms with van der Waals surface area (Å²) in [7, 11) is 0. The number of nitrogens with zero attached hydrogens (tertiary/aromatic N) is 1. The van der Waals surface area contributed by atoms with Crippen molar-refractivity contribution in [2.75, 3.05) is 13.1 Å². The minimum absolute atomic E-state index is 0.120. The molecule has 1 saturated carbocycles. The Balaban J connectivity index is 1.61. The Labute approximate surface area is 173 Å². The van der Waals surface area contributed by atoms with Crippen molar-refractivity contribution in [3.8, 4) is 5.75 Å². The summed E-state index contributed by atoms with van der Waals surface area (Å²) in [4.78, 5) is 17.3. The number of ether oxygens (including phenoxy) is 1. The van der Waals surface area contributed by atoms with Crippen molar-refractivity contribution in [1.29, 1.82) is 0 Å². The molecule has 0 unspecified atom stereocenters. The van der Waals surface area contributed by atoms with Crippen LogP contribution in [-0.4, -0.2) is 35.1 Å². The van der Waals surface area contributed by atoms with Crippen LogP contribution in [0.5, 0.6) is 5.75 Å². The zero-order valence-corrected chi connectivity index (χ0v) is 17.9. The maximum absolute atomic E-state index is 11.9. The predicted octanol–water partition coefficient (Wildman–Crippen LogP) is 5.77. The summed E-state index contributed by atoms with van der Waals surface area (Å²) < 4.78 is 6.26. The highest BCUT2D eigenvalue weighted by molar-refractivity contribution is 6.32. The molecule has 1 aliphatic carbocycles. The van der Waals surface area contributed by atoms with Gasteiger partial charge in [0.2, 0.25) is 0 Å². The third-order valence-electron chi connectivity index (χ3n) is 5.88. The molecule has 0 saturated heterocycles. The van der Waals surface area contributed by atoms with E-state index in [1.165, 1.54) is 51.6 Å². The van der Waals surface area contributed by atoms with Crippen LogP contribution in [0.4, 0.5) is 0 Å². The van der Waals surface area contributed by atoms with E-state index in [2.05, 4.69) is 23.7 Å². The first kappa shape index (κ1) is 21.2. The van der Waals surface area contributed by atoms with E-state index >= 15 is 0 Å². The quantitative estimate of drug-likeness (QED) is 0.576. The van der Waals surface area contributed by atoms with E-state index in [1.807, 2.05) is 12.1 Å². The molecule has 0 amide bonds. The average molecular weight is 405 g/mol. The fraction of sp³-hybridized carbons (Fsp3) is 0.609. The Bertz CT molecular complexity index is 804. The predicted molar refractivity (Wildman–Crippen MR) is 118 cm³/mol. The number of fused-ring (bicyclic) bond motifs is 1. The summed E-state index contributed by atoms with van der Waals surface area (Å²) in [5, 5.41) is 1.98. The van der Waals surface area contributed by atoms with E-state index in [9.17, 15) is 4.79 Å². The van der Waals surface area contributed by atoms with Gasteiger partial charge in [-0.15, -0.1) is 0 Å². The molecule has 1 aromatic heterocycles. The van der Waals surface area contributed by atoms with E-state index in [4.69, 9.17) is 16.3 Å². The Hall–Kier alpha value is -1.52. The lowest BCUT2D eigenvalue weighted by molar-refractivity contribution is 0.0862. The normalized spacial score (nSPS) is 20.0. The van der Waals surface area contributed by atoms with Gasteiger partial charge in [-0.3, -0.25) is 4.79 Å². The van der Waals surface area contributed by atoms with Crippen molar-refractivity contribution in [1.82, 2.24) is 9.88 Å². The Morgan fingerprint density at radius 1 is 1.11 bits per heavy atom. The summed E-state index contributed by atoms with van der Waals surface area (Å²) in [5.74, 6) is 0.692. The van der Waals surface area contributed by atoms with E-state index in [0.717, 1.165) is 18.2 Å². The molecule has 28 heavy (non-hydrogen) atoms. The van der Waals surface area contributed by atoms with E-state index in [0.29, 0.717) is 22.2 Å². The molecule has 4 nitrogen and oxygen atoms in total. The molecule has 1 aliphatic rings. The smallest absolute Gasteiger partial charge is 0.255 e. The fourth-order valence-electron chi connectivity index (χ4n) is 4.19. The first-order valence-electron chi connectivity index (χ1n) is 10.8. The zero-order valence-electron chi connectivity index (χ0n) is 17.2. The summed E-state index contributed by atoms with van der Waals surface area (Å²) in [6.45, 7) is 6.98. The molecule has 5 heteroatoms. The highest BCUT2D eigenvalue weighted by Crippen LogP contribution is 2.33. The maximum atomic E-state index is 11.9. The Kier molecular flexibility index (Phi) is 7.81. The molecule has 154 valence electrons. The van der Waals surface area contributed by atoms with Gasteiger partial charge >= 0.3 is 0 Å². The molecule has 0 radical (unpaired) electrons. The van der Waals surface area contributed by atoms with Crippen molar-refractivity contribution < 1.29 is 4.74 Å². The minimum atomic E-state index is -0.120. The number of hydrogen-bond acceptors (Lipinski definition) is 3. The van der Waals surface area contributed by atoms with Gasteiger partial charge in [0.15, 0.2) is 0 Å². The molecule has 1 aromatic carbocycles. The maximum Gasteiger partial charge on any atom is 0.255 e. The number of benzene rings is 1. The molecule has 1 N–H and O–H groups in total. The van der Waals surface area contributed by atoms with E-state index < -0.39 is 0 Å². The van der Waals surface area contributed by atoms with Crippen LogP contribution in [0.25, 0.3) is 10.8 Å². The van der Waals surface area contributed by atoms with Gasteiger partial charge in [0.25, 0.3) is 5.56 Å². The van der Waals surface area contributed by atoms with Gasteiger partial charge in [0.1, 0.15) is 5.75 Å². The SMILES string of the molecule is CCCCN(CCCC)C1CCC(Oc2cc3cc[nH]c(=O)c3cc2Cl)CC1. The van der Waals surface area contributed by atoms with Gasteiger partial charge in [-0.05, 0) is 75.2 Å². The summed E-state index contributed by atoms with van der Waals surface area (Å²) in [5.41, 5.74) is -0.120. The molecule has 3 rings (SSSR count). The van der Waals surface area contributed by atoms with Crippen LogP contribution >= 0.6 is 11.6 Å². The lowest BCUT2D eigenvalue weighted by Gasteiger charge is -2.37. The number of aromatic nitrogens is 1. The summed E-state index contributed by atoms with van der Waals surface area (Å²) in [6.07, 6.45) is 11.4. The summed E-state index contributed by atoms with van der Waals surface area (Å²) >= 11 is 6.40. The van der Waals surface area contributed by atoms with Crippen LogP contribution < -0.4 is 10.3 Å². The molecule has 0 atom stereocenters. The van der Waals surface area contributed by atoms with E-state index in [1.54, 1.807) is 12.3 Å². The van der Waals surface area contributed by atoms with Gasteiger partial charge in [0.05, 0.1) is 11.1 Å². The van der Waals surface area contributed by atoms with Gasteiger partial charge < -0.3 is 14.6 Å². The van der Waals surface area contributed by atoms with Crippen molar-refractivity contribution in [3.63, 3.8) is 0 Å². The number of nitrogens with one attached hydrogen (secondary N) is 1. The average Bonchev–Trinajstić information content (AvgIpc) is 2.70. The number of hydrogen-bond donors (Lipinski definition) is 1. The zero-order chi connectivity index (χ0) is 19.9.